The number of amides is 2. The maximum Gasteiger partial charge on any atom is 0.274 e. The highest BCUT2D eigenvalue weighted by Crippen LogP contribution is 2.42. The molecule has 2 aliphatic rings. The molecule has 5 aromatic rings. The number of benzene rings is 3. The number of ether oxygens (including phenoxy) is 1. The topological polar surface area (TPSA) is 184 Å². The quantitative estimate of drug-likeness (QED) is 0.0394. The van der Waals surface area contributed by atoms with Gasteiger partial charge in [0, 0.05) is 79.9 Å². The first kappa shape index (κ1) is 46.7. The molecule has 0 bridgehead atoms. The van der Waals surface area contributed by atoms with Gasteiger partial charge in [0.05, 0.1) is 40.0 Å². The first-order valence-corrected chi connectivity index (χ1v) is 25.0. The minimum atomic E-state index is -2.91. The summed E-state index contributed by atoms with van der Waals surface area (Å²) in [5, 5.41) is 21.5. The van der Waals surface area contributed by atoms with Crippen molar-refractivity contribution in [3.8, 4) is 5.75 Å². The van der Waals surface area contributed by atoms with Gasteiger partial charge in [0.25, 0.3) is 5.56 Å². The van der Waals surface area contributed by atoms with E-state index >= 15 is 0 Å². The summed E-state index contributed by atoms with van der Waals surface area (Å²) in [5.74, 6) is -2.21. The van der Waals surface area contributed by atoms with Crippen LogP contribution in [0.25, 0.3) is 10.8 Å². The van der Waals surface area contributed by atoms with E-state index < -0.39 is 36.5 Å². The van der Waals surface area contributed by atoms with Crippen molar-refractivity contribution in [1.29, 1.82) is 0 Å². The lowest BCUT2D eigenvalue weighted by atomic mass is 9.89. The Morgan fingerprint density at radius 3 is 2.38 bits per heavy atom. The molecule has 4 heterocycles. The Hall–Kier alpha value is -5.29. The van der Waals surface area contributed by atoms with Gasteiger partial charge in [0.1, 0.15) is 30.3 Å². The zero-order valence-corrected chi connectivity index (χ0v) is 39.1. The number of hydrogen-bond donors (Lipinski definition) is 5. The summed E-state index contributed by atoms with van der Waals surface area (Å²) in [5.41, 5.74) is 3.47. The Morgan fingerprint density at radius 1 is 0.938 bits per heavy atom. The van der Waals surface area contributed by atoms with Gasteiger partial charge in [-0.1, -0.05) is 6.92 Å². The normalized spacial score (nSPS) is 16.0. The summed E-state index contributed by atoms with van der Waals surface area (Å²) < 4.78 is 51.5. The van der Waals surface area contributed by atoms with Crippen molar-refractivity contribution in [2.45, 2.75) is 64.3 Å². The van der Waals surface area contributed by atoms with Gasteiger partial charge in [-0.3, -0.25) is 19.7 Å². The minimum absolute atomic E-state index is 0.0512. The van der Waals surface area contributed by atoms with Crippen LogP contribution in [-0.4, -0.2) is 90.3 Å². The van der Waals surface area contributed by atoms with E-state index in [0.717, 1.165) is 55.8 Å². The molecule has 0 unspecified atom stereocenters. The third-order valence-electron chi connectivity index (χ3n) is 11.6. The number of fused-ring (bicyclic) bond motifs is 1. The molecule has 2 aromatic heterocycles. The van der Waals surface area contributed by atoms with Gasteiger partial charge in [-0.2, -0.15) is 10.1 Å². The number of anilines is 5. The second kappa shape index (κ2) is 20.3. The Labute approximate surface area is 379 Å². The summed E-state index contributed by atoms with van der Waals surface area (Å²) in [7, 11) is -1.33. The number of rotatable bonds is 17. The van der Waals surface area contributed by atoms with Crippen molar-refractivity contribution in [3.63, 3.8) is 0 Å². The molecule has 5 N–H and O–H groups in total. The number of nitrogens with zero attached hydrogens (tertiary/aromatic N) is 5. The van der Waals surface area contributed by atoms with E-state index in [1.165, 1.54) is 16.8 Å². The molecule has 0 spiro atoms. The molecule has 0 aliphatic carbocycles. The Bertz CT molecular complexity index is 2650. The van der Waals surface area contributed by atoms with Crippen LogP contribution >= 0.6 is 23.1 Å². The fourth-order valence-electron chi connectivity index (χ4n) is 8.43. The summed E-state index contributed by atoms with van der Waals surface area (Å²) in [6.45, 7) is 11.5. The molecule has 0 radical (unpaired) electrons. The summed E-state index contributed by atoms with van der Waals surface area (Å²) in [4.78, 5) is 48.2. The van der Waals surface area contributed by atoms with Gasteiger partial charge in [0.2, 0.25) is 17.8 Å². The molecular weight excluding hydrogens is 909 g/mol. The average molecular weight is 964 g/mol. The summed E-state index contributed by atoms with van der Waals surface area (Å²) >= 11 is 3.56. The second-order valence-electron chi connectivity index (χ2n) is 16.4. The lowest BCUT2D eigenvalue weighted by molar-refractivity contribution is -0.134. The first-order valence-electron chi connectivity index (χ1n) is 21.6. The molecule has 0 saturated carbocycles. The van der Waals surface area contributed by atoms with Crippen molar-refractivity contribution in [3.05, 3.63) is 91.9 Å². The second-order valence-corrected chi connectivity index (χ2v) is 20.4. The van der Waals surface area contributed by atoms with Crippen molar-refractivity contribution in [1.82, 2.24) is 35.7 Å². The number of piperidine rings is 2. The van der Waals surface area contributed by atoms with E-state index in [2.05, 4.69) is 76.6 Å². The Kier molecular flexibility index (Phi) is 14.8. The summed E-state index contributed by atoms with van der Waals surface area (Å²) in [6.07, 6.45) is 6.45. The molecular formula is C45H54BrF2N10O5P. The first-order chi connectivity index (χ1) is 30.6. The molecule has 2 fully saturated rings. The molecule has 7 rings (SSSR count). The van der Waals surface area contributed by atoms with E-state index in [9.17, 15) is 27.7 Å². The van der Waals surface area contributed by atoms with Gasteiger partial charge in [-0.25, -0.2) is 18.4 Å². The van der Waals surface area contributed by atoms with Crippen molar-refractivity contribution >= 4 is 79.8 Å². The number of imide groups is 1. The predicted octanol–water partition coefficient (Wildman–Crippen LogP) is 6.37. The van der Waals surface area contributed by atoms with Crippen LogP contribution < -0.4 is 47.1 Å². The van der Waals surface area contributed by atoms with Crippen molar-refractivity contribution in [2.75, 3.05) is 68.2 Å². The molecule has 340 valence electrons. The van der Waals surface area contributed by atoms with Gasteiger partial charge >= 0.3 is 0 Å². The molecule has 64 heavy (non-hydrogen) atoms. The summed E-state index contributed by atoms with van der Waals surface area (Å²) in [6, 6.07) is 10.5. The largest absolute Gasteiger partial charge is 0.492 e. The Morgan fingerprint density at radius 2 is 1.69 bits per heavy atom. The molecule has 1 atom stereocenters. The van der Waals surface area contributed by atoms with Gasteiger partial charge in [-0.05, 0) is 116 Å². The molecule has 2 aliphatic heterocycles. The predicted molar refractivity (Wildman–Crippen MR) is 251 cm³/mol. The zero-order valence-electron chi connectivity index (χ0n) is 36.6. The van der Waals surface area contributed by atoms with Gasteiger partial charge in [-0.15, -0.1) is 0 Å². The third-order valence-corrected chi connectivity index (χ3v) is 13.8. The maximum absolute atomic E-state index is 14.9. The highest BCUT2D eigenvalue weighted by atomic mass is 79.9. The number of nitrogens with one attached hydrogen (secondary N) is 5. The number of carbonyl (C=O) groups is 2. The van der Waals surface area contributed by atoms with Crippen molar-refractivity contribution in [2.24, 2.45) is 7.05 Å². The van der Waals surface area contributed by atoms with E-state index in [4.69, 9.17) is 9.72 Å². The van der Waals surface area contributed by atoms with Crippen LogP contribution in [0.15, 0.2) is 58.1 Å². The molecule has 3 aromatic carbocycles. The zero-order chi connectivity index (χ0) is 45.7. The minimum Gasteiger partial charge on any atom is -0.492 e. The van der Waals surface area contributed by atoms with E-state index in [1.807, 2.05) is 6.92 Å². The number of aromatic nitrogens is 4. The highest BCUT2D eigenvalue weighted by Gasteiger charge is 2.33. The number of carbonyl (C=O) groups excluding carboxylic acids is 2. The molecule has 15 nitrogen and oxygen atoms in total. The number of aryl methyl sites for hydroxylation is 2. The molecule has 2 saturated heterocycles. The van der Waals surface area contributed by atoms with Crippen LogP contribution in [0, 0.1) is 11.6 Å². The fraction of sp³-hybridized carbons (Fsp3) is 0.422. The average Bonchev–Trinajstić information content (AvgIpc) is 3.25. The Balaban J connectivity index is 0.943. The molecule has 2 amide bonds. The van der Waals surface area contributed by atoms with Crippen LogP contribution in [-0.2, 0) is 34.0 Å². The van der Waals surface area contributed by atoms with Crippen LogP contribution in [0.4, 0.5) is 37.6 Å². The van der Waals surface area contributed by atoms with E-state index in [-0.39, 0.29) is 24.0 Å². The lowest BCUT2D eigenvalue weighted by Crippen LogP contribution is -2.44. The van der Waals surface area contributed by atoms with Gasteiger partial charge < -0.3 is 35.5 Å². The third kappa shape index (κ3) is 10.6. The van der Waals surface area contributed by atoms with E-state index in [1.54, 1.807) is 44.9 Å². The van der Waals surface area contributed by atoms with Crippen LogP contribution in [0.2, 0.25) is 0 Å². The van der Waals surface area contributed by atoms with Crippen LogP contribution in [0.3, 0.4) is 0 Å². The lowest BCUT2D eigenvalue weighted by Gasteiger charge is -2.35. The SMILES string of the molecule is CCOc1cc(N2CCC(NCCNCCc3cc(F)c([C@H]4CCC(=O)NC4=O)c(F)c3)CC2)c(CC)cc1Nc1ncc(Br)c(Nc2ccc3c(=O)n(C)ncc3c2P(C)(C)=O)n1. The number of halogens is 3. The van der Waals surface area contributed by atoms with Crippen LogP contribution in [0.1, 0.15) is 62.1 Å². The standard InChI is InChI=1S/C45H54BrF2N10O5P/c1-6-27-22-36(54-45-51-25-32(46)42(56-45)53-35-10-8-29-31(41(35)64(4,5)62)24-52-57(3)44(29)61)38(63-7-2)23-37(27)58-18-13-28(14-19-58)50-17-16-49-15-12-26-20-33(47)40(34(48)21-26)30-9-11-39(59)55-43(30)60/h8,10,20-25,28,30,49-50H,6-7,9,11-19H2,1-5H3,(H,55,59,60)(H2,51,53,54,56)/t30-/m1/s1. The van der Waals surface area contributed by atoms with Crippen molar-refractivity contribution < 1.29 is 27.7 Å². The fourth-order valence-corrected chi connectivity index (χ4v) is 10.2. The highest BCUT2D eigenvalue weighted by molar-refractivity contribution is 9.10. The smallest absolute Gasteiger partial charge is 0.274 e. The van der Waals surface area contributed by atoms with Crippen LogP contribution in [0.5, 0.6) is 5.75 Å². The maximum atomic E-state index is 14.9. The monoisotopic (exact) mass is 962 g/mol. The van der Waals surface area contributed by atoms with Gasteiger partial charge in [0.15, 0.2) is 0 Å². The molecule has 19 heteroatoms. The number of hydrogen-bond acceptors (Lipinski definition) is 13. The van der Waals surface area contributed by atoms with E-state index in [0.29, 0.717) is 81.5 Å².